The first-order valence-electron chi connectivity index (χ1n) is 8.19. The van der Waals surface area contributed by atoms with Crippen LogP contribution in [0.4, 0.5) is 0 Å². The standard InChI is InChI=1S/C14H32N2O10/c15-1-2-16(3-7(19)11(23)13(25)9(21)5-17)4-8(20)12(24)14(26)10(22)6-18/h7-14,17-26H,1-6,15H2/t7?,8?,9-,10?,11?,12?,13?,14?/m0/s1. The van der Waals surface area contributed by atoms with Crippen molar-refractivity contribution in [2.75, 3.05) is 39.4 Å². The Morgan fingerprint density at radius 1 is 0.577 bits per heavy atom. The van der Waals surface area contributed by atoms with Crippen LogP contribution in [-0.4, -0.2) is 144 Å². The maximum atomic E-state index is 9.96. The van der Waals surface area contributed by atoms with E-state index < -0.39 is 62.0 Å². The van der Waals surface area contributed by atoms with Gasteiger partial charge in [-0.25, -0.2) is 0 Å². The Balaban J connectivity index is 4.81. The maximum absolute atomic E-state index is 9.96. The van der Waals surface area contributed by atoms with Gasteiger partial charge in [0.05, 0.1) is 25.4 Å². The van der Waals surface area contributed by atoms with Crippen LogP contribution in [0.1, 0.15) is 0 Å². The van der Waals surface area contributed by atoms with Crippen molar-refractivity contribution in [3.05, 3.63) is 0 Å². The van der Waals surface area contributed by atoms with Crippen LogP contribution < -0.4 is 5.73 Å². The fourth-order valence-corrected chi connectivity index (χ4v) is 2.31. The lowest BCUT2D eigenvalue weighted by Gasteiger charge is -2.33. The lowest BCUT2D eigenvalue weighted by molar-refractivity contribution is -0.130. The molecule has 0 aliphatic carbocycles. The predicted molar refractivity (Wildman–Crippen MR) is 87.7 cm³/mol. The van der Waals surface area contributed by atoms with Crippen LogP contribution >= 0.6 is 0 Å². The van der Waals surface area contributed by atoms with Crippen molar-refractivity contribution in [3.8, 4) is 0 Å². The maximum Gasteiger partial charge on any atom is 0.111 e. The van der Waals surface area contributed by atoms with E-state index in [-0.39, 0.29) is 26.2 Å². The SMILES string of the molecule is NCCN(CC(O)C(O)C(O)C(O)CO)CC(O)C(O)C(O)[C@@H](O)CO. The molecular formula is C14H32N2O10. The summed E-state index contributed by atoms with van der Waals surface area (Å²) < 4.78 is 0. The predicted octanol–water partition coefficient (Wildman–Crippen LogP) is -6.88. The first kappa shape index (κ1) is 25.5. The molecule has 0 radical (unpaired) electrons. The van der Waals surface area contributed by atoms with E-state index in [1.807, 2.05) is 0 Å². The summed E-state index contributed by atoms with van der Waals surface area (Å²) in [7, 11) is 0. The van der Waals surface area contributed by atoms with E-state index >= 15 is 0 Å². The minimum absolute atomic E-state index is 0.0786. The zero-order chi connectivity index (χ0) is 20.4. The van der Waals surface area contributed by atoms with Gasteiger partial charge in [-0.1, -0.05) is 0 Å². The third-order valence-electron chi connectivity index (χ3n) is 3.99. The molecule has 0 spiro atoms. The van der Waals surface area contributed by atoms with Crippen LogP contribution in [0.3, 0.4) is 0 Å². The fraction of sp³-hybridized carbons (Fsp3) is 1.00. The molecule has 12 nitrogen and oxygen atoms in total. The highest BCUT2D eigenvalue weighted by molar-refractivity contribution is 4.86. The molecule has 0 fully saturated rings. The summed E-state index contributed by atoms with van der Waals surface area (Å²) in [6, 6.07) is 0. The highest BCUT2D eigenvalue weighted by Crippen LogP contribution is 2.10. The van der Waals surface area contributed by atoms with Crippen LogP contribution in [0, 0.1) is 0 Å². The van der Waals surface area contributed by atoms with Gasteiger partial charge < -0.3 is 56.8 Å². The second-order valence-electron chi connectivity index (χ2n) is 6.15. The molecule has 0 heterocycles. The number of hydrogen-bond donors (Lipinski definition) is 11. The van der Waals surface area contributed by atoms with Gasteiger partial charge in [0.2, 0.25) is 0 Å². The molecule has 26 heavy (non-hydrogen) atoms. The van der Waals surface area contributed by atoms with Gasteiger partial charge in [-0.2, -0.15) is 0 Å². The first-order valence-corrected chi connectivity index (χ1v) is 8.19. The molecule has 12 N–H and O–H groups in total. The molecule has 0 amide bonds. The molecule has 8 atom stereocenters. The molecule has 0 rings (SSSR count). The molecule has 0 aliphatic rings. The zero-order valence-electron chi connectivity index (χ0n) is 14.4. The number of aliphatic hydroxyl groups is 10. The number of nitrogens with zero attached hydrogens (tertiary/aromatic N) is 1. The van der Waals surface area contributed by atoms with E-state index in [0.717, 1.165) is 0 Å². The quantitative estimate of drug-likeness (QED) is 0.133. The first-order chi connectivity index (χ1) is 12.1. The van der Waals surface area contributed by atoms with Crippen LogP contribution in [0.15, 0.2) is 0 Å². The topological polar surface area (TPSA) is 232 Å². The largest absolute Gasteiger partial charge is 0.394 e. The summed E-state index contributed by atoms with van der Waals surface area (Å²) in [4.78, 5) is 1.32. The monoisotopic (exact) mass is 388 g/mol. The van der Waals surface area contributed by atoms with Gasteiger partial charge in [0, 0.05) is 26.2 Å². The van der Waals surface area contributed by atoms with Gasteiger partial charge in [-0.3, -0.25) is 4.90 Å². The molecule has 12 heteroatoms. The average Bonchev–Trinajstić information content (AvgIpc) is 2.63. The fourth-order valence-electron chi connectivity index (χ4n) is 2.31. The van der Waals surface area contributed by atoms with Crippen molar-refractivity contribution >= 4 is 0 Å². The minimum Gasteiger partial charge on any atom is -0.394 e. The van der Waals surface area contributed by atoms with Crippen LogP contribution in [0.2, 0.25) is 0 Å². The molecule has 0 aliphatic heterocycles. The smallest absolute Gasteiger partial charge is 0.111 e. The number of hydrogen-bond acceptors (Lipinski definition) is 12. The molecule has 7 unspecified atom stereocenters. The Labute approximate surface area is 151 Å². The summed E-state index contributed by atoms with van der Waals surface area (Å²) in [5.74, 6) is 0. The highest BCUT2D eigenvalue weighted by atomic mass is 16.4. The molecule has 0 saturated carbocycles. The number of rotatable bonds is 14. The summed E-state index contributed by atoms with van der Waals surface area (Å²) in [5.41, 5.74) is 5.42. The van der Waals surface area contributed by atoms with Crippen molar-refractivity contribution in [3.63, 3.8) is 0 Å². The lowest BCUT2D eigenvalue weighted by Crippen LogP contribution is -2.53. The molecule has 0 saturated heterocycles. The van der Waals surface area contributed by atoms with Gasteiger partial charge >= 0.3 is 0 Å². The van der Waals surface area contributed by atoms with Gasteiger partial charge in [0.25, 0.3) is 0 Å². The average molecular weight is 388 g/mol. The highest BCUT2D eigenvalue weighted by Gasteiger charge is 2.34. The molecule has 0 bridgehead atoms. The summed E-state index contributed by atoms with van der Waals surface area (Å²) in [6.45, 7) is -2.12. The minimum atomic E-state index is -1.81. The Morgan fingerprint density at radius 3 is 1.15 bits per heavy atom. The van der Waals surface area contributed by atoms with Gasteiger partial charge in [0.15, 0.2) is 0 Å². The van der Waals surface area contributed by atoms with E-state index in [1.165, 1.54) is 4.90 Å². The van der Waals surface area contributed by atoms with Gasteiger partial charge in [-0.05, 0) is 0 Å². The summed E-state index contributed by atoms with van der Waals surface area (Å²) in [5, 5.41) is 94.8. The molecule has 158 valence electrons. The Hall–Kier alpha value is -0.480. The van der Waals surface area contributed by atoms with Crippen molar-refractivity contribution < 1.29 is 51.1 Å². The van der Waals surface area contributed by atoms with Gasteiger partial charge in [-0.15, -0.1) is 0 Å². The van der Waals surface area contributed by atoms with E-state index in [0.29, 0.717) is 0 Å². The van der Waals surface area contributed by atoms with E-state index in [9.17, 15) is 40.9 Å². The summed E-state index contributed by atoms with van der Waals surface area (Å²) in [6.07, 6.45) is -13.7. The van der Waals surface area contributed by atoms with Gasteiger partial charge in [0.1, 0.15) is 36.6 Å². The Morgan fingerprint density at radius 2 is 0.885 bits per heavy atom. The van der Waals surface area contributed by atoms with Crippen molar-refractivity contribution in [2.45, 2.75) is 48.8 Å². The molecule has 0 aromatic rings. The second-order valence-corrected chi connectivity index (χ2v) is 6.15. The third kappa shape index (κ3) is 8.04. The van der Waals surface area contributed by atoms with Crippen LogP contribution in [-0.2, 0) is 0 Å². The van der Waals surface area contributed by atoms with Crippen molar-refractivity contribution in [1.29, 1.82) is 0 Å². The Kier molecular flexibility index (Phi) is 12.6. The van der Waals surface area contributed by atoms with Crippen molar-refractivity contribution in [2.24, 2.45) is 5.73 Å². The van der Waals surface area contributed by atoms with E-state index in [1.54, 1.807) is 0 Å². The van der Waals surface area contributed by atoms with Crippen LogP contribution in [0.25, 0.3) is 0 Å². The Bertz CT molecular complexity index is 337. The molecular weight excluding hydrogens is 356 g/mol. The molecule has 0 aromatic carbocycles. The zero-order valence-corrected chi connectivity index (χ0v) is 14.4. The van der Waals surface area contributed by atoms with Crippen molar-refractivity contribution in [1.82, 2.24) is 4.90 Å². The van der Waals surface area contributed by atoms with E-state index in [2.05, 4.69) is 0 Å². The van der Waals surface area contributed by atoms with Crippen LogP contribution in [0.5, 0.6) is 0 Å². The third-order valence-corrected chi connectivity index (χ3v) is 3.99. The summed E-state index contributed by atoms with van der Waals surface area (Å²) >= 11 is 0. The normalized spacial score (nSPS) is 21.7. The molecule has 0 aromatic heterocycles. The lowest BCUT2D eigenvalue weighted by atomic mass is 10.0. The number of nitrogens with two attached hydrogens (primary N) is 1. The second kappa shape index (κ2) is 12.8. The number of aliphatic hydroxyl groups excluding tert-OH is 10. The van der Waals surface area contributed by atoms with E-state index in [4.69, 9.17) is 15.9 Å².